The lowest BCUT2D eigenvalue weighted by atomic mass is 10.2. The van der Waals surface area contributed by atoms with Crippen LogP contribution in [0.15, 0.2) is 6.20 Å². The third kappa shape index (κ3) is 2.26. The van der Waals surface area contributed by atoms with Crippen LogP contribution < -0.4 is 10.2 Å². The van der Waals surface area contributed by atoms with E-state index in [1.165, 1.54) is 0 Å². The summed E-state index contributed by atoms with van der Waals surface area (Å²) in [6, 6.07) is 0. The number of rotatable bonds is 3. The number of carbonyl (C=O) groups is 1. The van der Waals surface area contributed by atoms with Crippen molar-refractivity contribution in [3.8, 4) is 0 Å². The molecule has 3 rings (SSSR count). The molecule has 7 heteroatoms. The highest BCUT2D eigenvalue weighted by molar-refractivity contribution is 7.18. The summed E-state index contributed by atoms with van der Waals surface area (Å²) in [4.78, 5) is 22.7. The molecule has 0 atom stereocenters. The molecule has 0 radical (unpaired) electrons. The zero-order valence-electron chi connectivity index (χ0n) is 10.5. The Hall–Kier alpha value is -1.73. The van der Waals surface area contributed by atoms with E-state index in [1.807, 2.05) is 6.92 Å². The summed E-state index contributed by atoms with van der Waals surface area (Å²) in [6.45, 7) is 4.93. The summed E-state index contributed by atoms with van der Waals surface area (Å²) in [7, 11) is 0. The molecule has 0 spiro atoms. The molecule has 2 aromatic heterocycles. The van der Waals surface area contributed by atoms with Gasteiger partial charge in [0.1, 0.15) is 10.3 Å². The molecule has 2 aromatic rings. The summed E-state index contributed by atoms with van der Waals surface area (Å²) < 4.78 is 5.37. The van der Waals surface area contributed by atoms with Crippen LogP contribution in [0.2, 0.25) is 0 Å². The van der Waals surface area contributed by atoms with Crippen LogP contribution in [0.3, 0.4) is 0 Å². The standard InChI is InChI=1S/C12H14N4O2S/c1-8-15-10-11(16-2-4-18-5-3-16)9(14-7-17)6-13-12(10)19-8/h6-7H,2-5H2,1H3,(H,14,17). The van der Waals surface area contributed by atoms with Crippen molar-refractivity contribution in [1.29, 1.82) is 0 Å². The Kier molecular flexibility index (Phi) is 3.31. The van der Waals surface area contributed by atoms with E-state index in [0.717, 1.165) is 34.1 Å². The fraction of sp³-hybridized carbons (Fsp3) is 0.417. The second kappa shape index (κ2) is 5.10. The van der Waals surface area contributed by atoms with Gasteiger partial charge in [-0.25, -0.2) is 9.97 Å². The lowest BCUT2D eigenvalue weighted by molar-refractivity contribution is -0.105. The Bertz CT molecular complexity index is 607. The number of ether oxygens (including phenoxy) is 1. The minimum absolute atomic E-state index is 0.673. The van der Waals surface area contributed by atoms with Gasteiger partial charge in [-0.05, 0) is 6.92 Å². The summed E-state index contributed by atoms with van der Waals surface area (Å²) in [5.74, 6) is 0. The fourth-order valence-electron chi connectivity index (χ4n) is 2.25. The number of fused-ring (bicyclic) bond motifs is 1. The van der Waals surface area contributed by atoms with E-state index in [4.69, 9.17) is 4.74 Å². The quantitative estimate of drug-likeness (QED) is 0.860. The highest BCUT2D eigenvalue weighted by Crippen LogP contribution is 2.35. The number of anilines is 2. The number of thiazole rings is 1. The highest BCUT2D eigenvalue weighted by atomic mass is 32.1. The molecule has 1 N–H and O–H groups in total. The second-order valence-electron chi connectivity index (χ2n) is 4.27. The van der Waals surface area contributed by atoms with Gasteiger partial charge in [-0.3, -0.25) is 4.79 Å². The summed E-state index contributed by atoms with van der Waals surface area (Å²) >= 11 is 1.56. The molecule has 6 nitrogen and oxygen atoms in total. The number of hydrogen-bond acceptors (Lipinski definition) is 6. The van der Waals surface area contributed by atoms with Crippen LogP contribution >= 0.6 is 11.3 Å². The second-order valence-corrected chi connectivity index (χ2v) is 5.45. The molecule has 0 aliphatic carbocycles. The van der Waals surface area contributed by atoms with Gasteiger partial charge >= 0.3 is 0 Å². The van der Waals surface area contributed by atoms with Crippen LogP contribution in [-0.4, -0.2) is 42.7 Å². The van der Waals surface area contributed by atoms with Crippen molar-refractivity contribution in [3.05, 3.63) is 11.2 Å². The van der Waals surface area contributed by atoms with Crippen LogP contribution in [0.5, 0.6) is 0 Å². The molecular weight excluding hydrogens is 264 g/mol. The SMILES string of the molecule is Cc1nc2c(N3CCOCC3)c(NC=O)cnc2s1. The van der Waals surface area contributed by atoms with E-state index >= 15 is 0 Å². The van der Waals surface area contributed by atoms with Crippen molar-refractivity contribution in [2.24, 2.45) is 0 Å². The van der Waals surface area contributed by atoms with E-state index in [2.05, 4.69) is 20.2 Å². The molecule has 1 saturated heterocycles. The number of amides is 1. The van der Waals surface area contributed by atoms with Crippen LogP contribution in [0.1, 0.15) is 5.01 Å². The third-order valence-corrected chi connectivity index (χ3v) is 3.93. The van der Waals surface area contributed by atoms with E-state index in [9.17, 15) is 4.79 Å². The van der Waals surface area contributed by atoms with Crippen molar-refractivity contribution in [2.75, 3.05) is 36.5 Å². The number of nitrogens with one attached hydrogen (secondary N) is 1. The maximum Gasteiger partial charge on any atom is 0.211 e. The molecule has 0 saturated carbocycles. The van der Waals surface area contributed by atoms with Gasteiger partial charge in [0.2, 0.25) is 6.41 Å². The van der Waals surface area contributed by atoms with Gasteiger partial charge in [-0.1, -0.05) is 11.3 Å². The summed E-state index contributed by atoms with van der Waals surface area (Å²) in [6.07, 6.45) is 2.37. The molecule has 100 valence electrons. The Labute approximate surface area is 114 Å². The van der Waals surface area contributed by atoms with Gasteiger partial charge in [-0.2, -0.15) is 0 Å². The van der Waals surface area contributed by atoms with E-state index in [-0.39, 0.29) is 0 Å². The third-order valence-electron chi connectivity index (χ3n) is 3.05. The molecule has 1 aliphatic heterocycles. The molecular formula is C12H14N4O2S. The van der Waals surface area contributed by atoms with E-state index < -0.39 is 0 Å². The highest BCUT2D eigenvalue weighted by Gasteiger charge is 2.20. The van der Waals surface area contributed by atoms with Crippen molar-refractivity contribution in [3.63, 3.8) is 0 Å². The Morgan fingerprint density at radius 3 is 3.00 bits per heavy atom. The molecule has 1 amide bonds. The van der Waals surface area contributed by atoms with Crippen molar-refractivity contribution < 1.29 is 9.53 Å². The van der Waals surface area contributed by atoms with Crippen LogP contribution in [0.4, 0.5) is 11.4 Å². The molecule has 19 heavy (non-hydrogen) atoms. The van der Waals surface area contributed by atoms with E-state index in [0.29, 0.717) is 25.3 Å². The minimum Gasteiger partial charge on any atom is -0.378 e. The number of hydrogen-bond donors (Lipinski definition) is 1. The van der Waals surface area contributed by atoms with Crippen molar-refractivity contribution >= 4 is 39.5 Å². The Morgan fingerprint density at radius 1 is 1.47 bits per heavy atom. The van der Waals surface area contributed by atoms with Gasteiger partial charge in [0.15, 0.2) is 0 Å². The minimum atomic E-state index is 0.673. The van der Waals surface area contributed by atoms with Crippen molar-refractivity contribution in [2.45, 2.75) is 6.92 Å². The van der Waals surface area contributed by atoms with Gasteiger partial charge < -0.3 is 15.0 Å². The summed E-state index contributed by atoms with van der Waals surface area (Å²) in [5, 5.41) is 3.69. The predicted molar refractivity (Wildman–Crippen MR) is 74.9 cm³/mol. The first-order chi connectivity index (χ1) is 9.29. The Morgan fingerprint density at radius 2 is 2.26 bits per heavy atom. The maximum absolute atomic E-state index is 10.8. The van der Waals surface area contributed by atoms with Crippen molar-refractivity contribution in [1.82, 2.24) is 9.97 Å². The molecule has 1 aliphatic rings. The first kappa shape index (κ1) is 12.3. The lowest BCUT2D eigenvalue weighted by Gasteiger charge is -2.30. The van der Waals surface area contributed by atoms with Gasteiger partial charge in [0.05, 0.1) is 35.8 Å². The van der Waals surface area contributed by atoms with Gasteiger partial charge in [0, 0.05) is 13.1 Å². The molecule has 1 fully saturated rings. The monoisotopic (exact) mass is 278 g/mol. The average molecular weight is 278 g/mol. The van der Waals surface area contributed by atoms with E-state index in [1.54, 1.807) is 17.5 Å². The largest absolute Gasteiger partial charge is 0.378 e. The molecule has 0 bridgehead atoms. The topological polar surface area (TPSA) is 67.3 Å². The number of aromatic nitrogens is 2. The summed E-state index contributed by atoms with van der Waals surface area (Å²) in [5.41, 5.74) is 2.51. The smallest absolute Gasteiger partial charge is 0.211 e. The average Bonchev–Trinajstić information content (AvgIpc) is 2.80. The lowest BCUT2D eigenvalue weighted by Crippen LogP contribution is -2.36. The van der Waals surface area contributed by atoms with Crippen LogP contribution in [-0.2, 0) is 9.53 Å². The zero-order valence-corrected chi connectivity index (χ0v) is 11.4. The predicted octanol–water partition coefficient (Wildman–Crippen LogP) is 1.40. The normalized spacial score (nSPS) is 15.7. The number of nitrogens with zero attached hydrogens (tertiary/aromatic N) is 3. The number of carbonyl (C=O) groups excluding carboxylic acids is 1. The van der Waals surface area contributed by atoms with Gasteiger partial charge in [-0.15, -0.1) is 0 Å². The number of pyridine rings is 1. The van der Waals surface area contributed by atoms with Crippen LogP contribution in [0, 0.1) is 6.92 Å². The molecule has 0 unspecified atom stereocenters. The molecule has 3 heterocycles. The first-order valence-corrected chi connectivity index (χ1v) is 6.90. The fourth-order valence-corrected chi connectivity index (χ4v) is 3.01. The molecule has 0 aromatic carbocycles. The first-order valence-electron chi connectivity index (χ1n) is 6.08. The maximum atomic E-state index is 10.8. The number of morpholine rings is 1. The van der Waals surface area contributed by atoms with Gasteiger partial charge in [0.25, 0.3) is 0 Å². The zero-order chi connectivity index (χ0) is 13.2. The number of aryl methyl sites for hydroxylation is 1. The van der Waals surface area contributed by atoms with Crippen LogP contribution in [0.25, 0.3) is 10.3 Å². The Balaban J connectivity index is 2.15.